The molecule has 0 saturated carbocycles. The standard InChI is InChI=1S/C22H27N3O3/c1-15-13-16(2)20(17(3)14-15)23-21(26)22(27)25-11-9-24(10-12-25)18-5-7-19(28-4)8-6-18/h5-8,13-14H,9-12H2,1-4H3,(H,23,26). The van der Waals surface area contributed by atoms with Gasteiger partial charge in [-0.2, -0.15) is 0 Å². The van der Waals surface area contributed by atoms with E-state index in [4.69, 9.17) is 4.74 Å². The number of hydrogen-bond acceptors (Lipinski definition) is 4. The van der Waals surface area contributed by atoms with Gasteiger partial charge in [0.15, 0.2) is 0 Å². The lowest BCUT2D eigenvalue weighted by atomic mass is 10.1. The number of benzene rings is 2. The lowest BCUT2D eigenvalue weighted by molar-refractivity contribution is -0.143. The highest BCUT2D eigenvalue weighted by Gasteiger charge is 2.26. The SMILES string of the molecule is COc1ccc(N2CCN(C(=O)C(=O)Nc3c(C)cc(C)cc3C)CC2)cc1. The first-order chi connectivity index (χ1) is 13.4. The van der Waals surface area contributed by atoms with Crippen molar-refractivity contribution in [2.45, 2.75) is 20.8 Å². The third-order valence-electron chi connectivity index (χ3n) is 5.11. The zero-order chi connectivity index (χ0) is 20.3. The number of ether oxygens (including phenoxy) is 1. The average Bonchev–Trinajstić information content (AvgIpc) is 2.70. The summed E-state index contributed by atoms with van der Waals surface area (Å²) in [5.41, 5.74) is 4.86. The van der Waals surface area contributed by atoms with Gasteiger partial charge in [-0.15, -0.1) is 0 Å². The zero-order valence-electron chi connectivity index (χ0n) is 16.9. The van der Waals surface area contributed by atoms with E-state index >= 15 is 0 Å². The molecule has 1 saturated heterocycles. The molecule has 0 atom stereocenters. The molecule has 148 valence electrons. The minimum atomic E-state index is -0.576. The molecule has 1 aliphatic heterocycles. The third kappa shape index (κ3) is 4.27. The molecule has 0 radical (unpaired) electrons. The van der Waals surface area contributed by atoms with Crippen molar-refractivity contribution >= 4 is 23.2 Å². The Bertz CT molecular complexity index is 846. The van der Waals surface area contributed by atoms with Gasteiger partial charge in [0.05, 0.1) is 7.11 Å². The van der Waals surface area contributed by atoms with Crippen molar-refractivity contribution in [3.8, 4) is 5.75 Å². The molecule has 2 aromatic carbocycles. The summed E-state index contributed by atoms with van der Waals surface area (Å²) in [6, 6.07) is 11.9. The van der Waals surface area contributed by atoms with Crippen LogP contribution in [0.5, 0.6) is 5.75 Å². The molecule has 2 amide bonds. The van der Waals surface area contributed by atoms with Crippen LogP contribution in [0.2, 0.25) is 0 Å². The van der Waals surface area contributed by atoms with Crippen LogP contribution in [-0.4, -0.2) is 50.0 Å². The van der Waals surface area contributed by atoms with Crippen LogP contribution in [0.1, 0.15) is 16.7 Å². The Balaban J connectivity index is 1.59. The summed E-state index contributed by atoms with van der Waals surface area (Å²) in [7, 11) is 1.64. The normalized spacial score (nSPS) is 14.0. The summed E-state index contributed by atoms with van der Waals surface area (Å²) in [5.74, 6) is -0.238. The molecule has 0 aliphatic carbocycles. The van der Waals surface area contributed by atoms with Crippen LogP contribution in [0.3, 0.4) is 0 Å². The minimum absolute atomic E-state index is 0.478. The molecule has 3 rings (SSSR count). The largest absolute Gasteiger partial charge is 0.497 e. The van der Waals surface area contributed by atoms with Gasteiger partial charge in [0, 0.05) is 37.6 Å². The van der Waals surface area contributed by atoms with Crippen LogP contribution >= 0.6 is 0 Å². The van der Waals surface area contributed by atoms with E-state index in [-0.39, 0.29) is 0 Å². The molecule has 1 N–H and O–H groups in total. The number of nitrogens with one attached hydrogen (secondary N) is 1. The van der Waals surface area contributed by atoms with Gasteiger partial charge in [-0.25, -0.2) is 0 Å². The predicted molar refractivity (Wildman–Crippen MR) is 111 cm³/mol. The molecule has 6 nitrogen and oxygen atoms in total. The van der Waals surface area contributed by atoms with Crippen LogP contribution in [0.15, 0.2) is 36.4 Å². The van der Waals surface area contributed by atoms with E-state index in [9.17, 15) is 9.59 Å². The number of nitrogens with zero attached hydrogens (tertiary/aromatic N) is 2. The van der Waals surface area contributed by atoms with Gasteiger partial charge >= 0.3 is 11.8 Å². The second-order valence-electron chi connectivity index (χ2n) is 7.21. The molecule has 0 unspecified atom stereocenters. The van der Waals surface area contributed by atoms with Crippen LogP contribution in [0.25, 0.3) is 0 Å². The Labute approximate surface area is 166 Å². The maximum Gasteiger partial charge on any atom is 0.313 e. The zero-order valence-corrected chi connectivity index (χ0v) is 16.9. The topological polar surface area (TPSA) is 61.9 Å². The number of carbonyl (C=O) groups excluding carboxylic acids is 2. The molecule has 1 aliphatic rings. The molecular formula is C22H27N3O3. The molecule has 0 aromatic heterocycles. The van der Waals surface area contributed by atoms with Crippen molar-refractivity contribution in [1.82, 2.24) is 4.90 Å². The quantitative estimate of drug-likeness (QED) is 0.831. The lowest BCUT2D eigenvalue weighted by Gasteiger charge is -2.35. The Morgan fingerprint density at radius 1 is 0.929 bits per heavy atom. The molecule has 2 aromatic rings. The molecule has 28 heavy (non-hydrogen) atoms. The summed E-state index contributed by atoms with van der Waals surface area (Å²) in [4.78, 5) is 28.9. The highest BCUT2D eigenvalue weighted by atomic mass is 16.5. The molecule has 6 heteroatoms. The lowest BCUT2D eigenvalue weighted by Crippen LogP contribution is -2.51. The van der Waals surface area contributed by atoms with Gasteiger partial charge < -0.3 is 19.9 Å². The highest BCUT2D eigenvalue weighted by Crippen LogP contribution is 2.23. The van der Waals surface area contributed by atoms with Crippen LogP contribution in [0, 0.1) is 20.8 Å². The predicted octanol–water partition coefficient (Wildman–Crippen LogP) is 2.91. The Morgan fingerprint density at radius 2 is 1.50 bits per heavy atom. The van der Waals surface area contributed by atoms with E-state index < -0.39 is 11.8 Å². The maximum atomic E-state index is 12.6. The van der Waals surface area contributed by atoms with E-state index in [1.807, 2.05) is 57.2 Å². The first-order valence-corrected chi connectivity index (χ1v) is 9.46. The Kier molecular flexibility index (Phi) is 5.87. The van der Waals surface area contributed by atoms with E-state index in [1.54, 1.807) is 12.0 Å². The second kappa shape index (κ2) is 8.33. The fourth-order valence-electron chi connectivity index (χ4n) is 3.65. The van der Waals surface area contributed by atoms with Crippen molar-refractivity contribution in [1.29, 1.82) is 0 Å². The van der Waals surface area contributed by atoms with Crippen molar-refractivity contribution in [3.63, 3.8) is 0 Å². The molecule has 1 heterocycles. The minimum Gasteiger partial charge on any atom is -0.497 e. The third-order valence-corrected chi connectivity index (χ3v) is 5.11. The summed E-state index contributed by atoms with van der Waals surface area (Å²) in [6.45, 7) is 8.30. The number of aryl methyl sites for hydroxylation is 3. The van der Waals surface area contributed by atoms with Gasteiger partial charge in [0.2, 0.25) is 0 Å². The molecular weight excluding hydrogens is 354 g/mol. The maximum absolute atomic E-state index is 12.6. The van der Waals surface area contributed by atoms with E-state index in [0.717, 1.165) is 33.8 Å². The first kappa shape index (κ1) is 19.7. The Hall–Kier alpha value is -3.02. The number of piperazine rings is 1. The van der Waals surface area contributed by atoms with E-state index in [1.165, 1.54) is 0 Å². The molecule has 0 spiro atoms. The van der Waals surface area contributed by atoms with E-state index in [0.29, 0.717) is 26.2 Å². The number of amides is 2. The van der Waals surface area contributed by atoms with Crippen LogP contribution in [0.4, 0.5) is 11.4 Å². The summed E-state index contributed by atoms with van der Waals surface area (Å²) in [6.07, 6.45) is 0. The number of rotatable bonds is 3. The van der Waals surface area contributed by atoms with Gasteiger partial charge in [-0.3, -0.25) is 9.59 Å². The van der Waals surface area contributed by atoms with Gasteiger partial charge in [0.25, 0.3) is 0 Å². The Morgan fingerprint density at radius 3 is 2.04 bits per heavy atom. The fraction of sp³-hybridized carbons (Fsp3) is 0.364. The summed E-state index contributed by atoms with van der Waals surface area (Å²) < 4.78 is 5.19. The molecule has 1 fully saturated rings. The number of hydrogen-bond donors (Lipinski definition) is 1. The second-order valence-corrected chi connectivity index (χ2v) is 7.21. The average molecular weight is 381 g/mol. The monoisotopic (exact) mass is 381 g/mol. The number of methoxy groups -OCH3 is 1. The molecule has 0 bridgehead atoms. The number of carbonyl (C=O) groups is 2. The fourth-order valence-corrected chi connectivity index (χ4v) is 3.65. The van der Waals surface area contributed by atoms with Gasteiger partial charge in [-0.05, 0) is 56.2 Å². The summed E-state index contributed by atoms with van der Waals surface area (Å²) >= 11 is 0. The van der Waals surface area contributed by atoms with Crippen molar-refractivity contribution in [3.05, 3.63) is 53.1 Å². The van der Waals surface area contributed by atoms with Crippen LogP contribution < -0.4 is 15.0 Å². The van der Waals surface area contributed by atoms with E-state index in [2.05, 4.69) is 10.2 Å². The summed E-state index contributed by atoms with van der Waals surface area (Å²) in [5, 5.41) is 2.80. The number of anilines is 2. The first-order valence-electron chi connectivity index (χ1n) is 9.46. The van der Waals surface area contributed by atoms with Gasteiger partial charge in [0.1, 0.15) is 5.75 Å². The van der Waals surface area contributed by atoms with Gasteiger partial charge in [-0.1, -0.05) is 17.7 Å². The van der Waals surface area contributed by atoms with Crippen LogP contribution in [-0.2, 0) is 9.59 Å². The highest BCUT2D eigenvalue weighted by molar-refractivity contribution is 6.39. The van der Waals surface area contributed by atoms with Crippen molar-refractivity contribution in [2.75, 3.05) is 43.5 Å². The van der Waals surface area contributed by atoms with Crippen molar-refractivity contribution < 1.29 is 14.3 Å². The smallest absolute Gasteiger partial charge is 0.313 e. The van der Waals surface area contributed by atoms with Crippen molar-refractivity contribution in [2.24, 2.45) is 0 Å².